The van der Waals surface area contributed by atoms with Gasteiger partial charge in [-0.05, 0) is 13.3 Å². The van der Waals surface area contributed by atoms with Crippen LogP contribution < -0.4 is 5.73 Å². The largest absolute Gasteiger partial charge is 0.699 e. The lowest BCUT2D eigenvalue weighted by atomic mass is 10.3. The highest BCUT2D eigenvalue weighted by atomic mass is 31.1. The van der Waals surface area contributed by atoms with Gasteiger partial charge in [-0.3, -0.25) is 0 Å². The summed E-state index contributed by atoms with van der Waals surface area (Å²) in [6.07, 6.45) is 2.59. The normalized spacial score (nSPS) is 14.4. The number of nitrogens with two attached hydrogens (primary N) is 1. The first kappa shape index (κ1) is 12.0. The Morgan fingerprint density at radius 2 is 2.17 bits per heavy atom. The fourth-order valence-corrected chi connectivity index (χ4v) is 1.27. The first-order chi connectivity index (χ1) is 5.66. The molecule has 5 heteroatoms. The molecule has 0 aromatic carbocycles. The Bertz CT molecular complexity index is 130. The van der Waals surface area contributed by atoms with Crippen molar-refractivity contribution in [3.05, 3.63) is 0 Å². The molecule has 4 nitrogen and oxygen atoms in total. The average molecular weight is 194 g/mol. The van der Waals surface area contributed by atoms with Crippen molar-refractivity contribution in [2.75, 3.05) is 6.61 Å². The van der Waals surface area contributed by atoms with Crippen molar-refractivity contribution in [3.63, 3.8) is 0 Å². The van der Waals surface area contributed by atoms with E-state index in [0.29, 0.717) is 6.61 Å². The van der Waals surface area contributed by atoms with E-state index in [1.165, 1.54) is 0 Å². The highest BCUT2D eigenvalue weighted by Crippen LogP contribution is 2.24. The van der Waals surface area contributed by atoms with Crippen LogP contribution in [0.4, 0.5) is 0 Å². The van der Waals surface area contributed by atoms with Gasteiger partial charge in [0.2, 0.25) is 0 Å². The molecule has 72 valence electrons. The SMILES string of the molecule is CCCCCO[P+](=O)OC(C)N. The maximum Gasteiger partial charge on any atom is 0.699 e. The van der Waals surface area contributed by atoms with Crippen molar-refractivity contribution >= 4 is 8.25 Å². The summed E-state index contributed by atoms with van der Waals surface area (Å²) in [6.45, 7) is 4.19. The Morgan fingerprint density at radius 3 is 2.67 bits per heavy atom. The molecule has 0 saturated heterocycles. The van der Waals surface area contributed by atoms with Crippen LogP contribution in [-0.4, -0.2) is 12.8 Å². The van der Waals surface area contributed by atoms with Crippen LogP contribution in [0.15, 0.2) is 0 Å². The van der Waals surface area contributed by atoms with Crippen molar-refractivity contribution in [2.45, 2.75) is 39.3 Å². The molecule has 0 aromatic heterocycles. The Hall–Kier alpha value is -0.0200. The molecule has 0 bridgehead atoms. The molecule has 0 aliphatic heterocycles. The fourth-order valence-electron chi connectivity index (χ4n) is 0.657. The van der Waals surface area contributed by atoms with Crippen molar-refractivity contribution in [3.8, 4) is 0 Å². The van der Waals surface area contributed by atoms with Crippen LogP contribution in [-0.2, 0) is 13.6 Å². The molecular weight excluding hydrogens is 177 g/mol. The van der Waals surface area contributed by atoms with Crippen molar-refractivity contribution < 1.29 is 13.6 Å². The lowest BCUT2D eigenvalue weighted by Crippen LogP contribution is -2.15. The zero-order chi connectivity index (χ0) is 9.40. The van der Waals surface area contributed by atoms with E-state index in [9.17, 15) is 4.57 Å². The van der Waals surface area contributed by atoms with Crippen LogP contribution in [0.1, 0.15) is 33.1 Å². The van der Waals surface area contributed by atoms with Gasteiger partial charge in [-0.1, -0.05) is 19.8 Å². The molecule has 0 aliphatic carbocycles. The third kappa shape index (κ3) is 8.08. The second-order valence-corrected chi connectivity index (χ2v) is 3.49. The fraction of sp³-hybridized carbons (Fsp3) is 1.00. The standard InChI is InChI=1S/C7H17NO3P/c1-3-4-5-6-10-12(9)11-7(2)8/h7H,3-6,8H2,1-2H3/q+1. The van der Waals surface area contributed by atoms with Crippen molar-refractivity contribution in [1.29, 1.82) is 0 Å². The second-order valence-electron chi connectivity index (χ2n) is 2.57. The average Bonchev–Trinajstić information content (AvgIpc) is 1.97. The molecule has 0 fully saturated rings. The summed E-state index contributed by atoms with van der Waals surface area (Å²) >= 11 is 0. The van der Waals surface area contributed by atoms with E-state index in [-0.39, 0.29) is 0 Å². The van der Waals surface area contributed by atoms with Crippen LogP contribution in [0, 0.1) is 0 Å². The molecular formula is C7H17NO3P+. The van der Waals surface area contributed by atoms with E-state index in [4.69, 9.17) is 14.8 Å². The lowest BCUT2D eigenvalue weighted by molar-refractivity contribution is 0.178. The summed E-state index contributed by atoms with van der Waals surface area (Å²) in [5.74, 6) is 0. The van der Waals surface area contributed by atoms with Crippen LogP contribution in [0.5, 0.6) is 0 Å². The van der Waals surface area contributed by atoms with E-state index >= 15 is 0 Å². The molecule has 0 rings (SSSR count). The number of hydrogen-bond acceptors (Lipinski definition) is 4. The quantitative estimate of drug-likeness (QED) is 0.383. The Labute approximate surface area is 74.4 Å². The van der Waals surface area contributed by atoms with E-state index in [0.717, 1.165) is 19.3 Å². The molecule has 0 amide bonds. The third-order valence-electron chi connectivity index (χ3n) is 1.20. The van der Waals surface area contributed by atoms with E-state index < -0.39 is 14.5 Å². The number of hydrogen-bond donors (Lipinski definition) is 1. The van der Waals surface area contributed by atoms with Gasteiger partial charge in [0.25, 0.3) is 0 Å². The summed E-state index contributed by atoms with van der Waals surface area (Å²) in [7, 11) is -2.01. The van der Waals surface area contributed by atoms with Gasteiger partial charge in [-0.15, -0.1) is 9.05 Å². The van der Waals surface area contributed by atoms with Gasteiger partial charge in [0, 0.05) is 4.57 Å². The topological polar surface area (TPSA) is 61.5 Å². The highest BCUT2D eigenvalue weighted by molar-refractivity contribution is 7.33. The van der Waals surface area contributed by atoms with Crippen LogP contribution in [0.25, 0.3) is 0 Å². The molecule has 0 heterocycles. The van der Waals surface area contributed by atoms with Gasteiger partial charge >= 0.3 is 8.25 Å². The van der Waals surface area contributed by atoms with Crippen LogP contribution in [0.2, 0.25) is 0 Å². The predicted molar refractivity (Wildman–Crippen MR) is 47.8 cm³/mol. The molecule has 0 radical (unpaired) electrons. The summed E-state index contributed by atoms with van der Waals surface area (Å²) in [5.41, 5.74) is 5.24. The molecule has 0 saturated carbocycles. The van der Waals surface area contributed by atoms with E-state index in [2.05, 4.69) is 6.92 Å². The number of unbranched alkanes of at least 4 members (excludes halogenated alkanes) is 2. The summed E-state index contributed by atoms with van der Waals surface area (Å²) in [6, 6.07) is 0. The van der Waals surface area contributed by atoms with Gasteiger partial charge in [0.15, 0.2) is 6.23 Å². The summed E-state index contributed by atoms with van der Waals surface area (Å²) < 4.78 is 20.4. The van der Waals surface area contributed by atoms with Crippen LogP contribution in [0.3, 0.4) is 0 Å². The van der Waals surface area contributed by atoms with E-state index in [1.807, 2.05) is 0 Å². The smallest absolute Gasteiger partial charge is 0.302 e. The maximum absolute atomic E-state index is 10.8. The monoisotopic (exact) mass is 194 g/mol. The second kappa shape index (κ2) is 7.62. The highest BCUT2D eigenvalue weighted by Gasteiger charge is 2.21. The summed E-state index contributed by atoms with van der Waals surface area (Å²) in [4.78, 5) is 0. The van der Waals surface area contributed by atoms with Gasteiger partial charge < -0.3 is 5.73 Å². The number of rotatable bonds is 7. The molecule has 2 N–H and O–H groups in total. The summed E-state index contributed by atoms with van der Waals surface area (Å²) in [5, 5.41) is 0. The van der Waals surface area contributed by atoms with Gasteiger partial charge in [0.05, 0.1) is 0 Å². The minimum atomic E-state index is -2.01. The first-order valence-corrected chi connectivity index (χ1v) is 5.29. The molecule has 2 unspecified atom stereocenters. The zero-order valence-electron chi connectivity index (χ0n) is 7.66. The van der Waals surface area contributed by atoms with Gasteiger partial charge in [-0.25, -0.2) is 0 Å². The Kier molecular flexibility index (Phi) is 7.61. The minimum Gasteiger partial charge on any atom is -0.302 e. The third-order valence-corrected chi connectivity index (χ3v) is 2.09. The van der Waals surface area contributed by atoms with E-state index in [1.54, 1.807) is 6.92 Å². The molecule has 0 spiro atoms. The molecule has 12 heavy (non-hydrogen) atoms. The van der Waals surface area contributed by atoms with Gasteiger partial charge in [-0.2, -0.15) is 0 Å². The first-order valence-electron chi connectivity index (χ1n) is 4.19. The minimum absolute atomic E-state index is 0.482. The maximum atomic E-state index is 10.8. The van der Waals surface area contributed by atoms with Crippen molar-refractivity contribution in [1.82, 2.24) is 0 Å². The Balaban J connectivity index is 3.20. The molecule has 0 aromatic rings. The predicted octanol–water partition coefficient (Wildman–Crippen LogP) is 2.17. The molecule has 0 aliphatic rings. The zero-order valence-corrected chi connectivity index (χ0v) is 8.55. The molecule has 2 atom stereocenters. The van der Waals surface area contributed by atoms with Crippen LogP contribution >= 0.6 is 8.25 Å². The van der Waals surface area contributed by atoms with Crippen molar-refractivity contribution in [2.24, 2.45) is 5.73 Å². The Morgan fingerprint density at radius 1 is 1.50 bits per heavy atom. The lowest BCUT2D eigenvalue weighted by Gasteiger charge is -1.94. The van der Waals surface area contributed by atoms with Gasteiger partial charge in [0.1, 0.15) is 6.61 Å².